The van der Waals surface area contributed by atoms with E-state index >= 15 is 0 Å². The molecule has 1 aromatic heterocycles. The highest BCUT2D eigenvalue weighted by molar-refractivity contribution is 7.12. The Kier molecular flexibility index (Phi) is 4.46. The van der Waals surface area contributed by atoms with Crippen molar-refractivity contribution in [2.45, 2.75) is 31.6 Å². The molecule has 1 fully saturated rings. The first-order chi connectivity index (χ1) is 10.3. The van der Waals surface area contributed by atoms with Gasteiger partial charge in [-0.1, -0.05) is 36.4 Å². The predicted octanol–water partition coefficient (Wildman–Crippen LogP) is 4.19. The van der Waals surface area contributed by atoms with Gasteiger partial charge in [-0.05, 0) is 48.6 Å². The van der Waals surface area contributed by atoms with Gasteiger partial charge >= 0.3 is 0 Å². The average molecular weight is 298 g/mol. The normalized spacial score (nSPS) is 18.3. The molecule has 1 saturated carbocycles. The topological polar surface area (TPSA) is 41.5 Å². The largest absolute Gasteiger partial charge is 0.281 e. The lowest BCUT2D eigenvalue weighted by Crippen LogP contribution is -2.21. The van der Waals surface area contributed by atoms with Crippen molar-refractivity contribution in [3.05, 3.63) is 58.3 Å². The van der Waals surface area contributed by atoms with E-state index in [1.807, 2.05) is 17.5 Å². The summed E-state index contributed by atoms with van der Waals surface area (Å²) in [6, 6.07) is 14.3. The molecule has 0 unspecified atom stereocenters. The van der Waals surface area contributed by atoms with Gasteiger partial charge in [-0.3, -0.25) is 4.79 Å². The fraction of sp³-hybridized carbons (Fsp3) is 0.294. The standard InChI is InChI=1S/C17H18N2OS/c20-17(16-7-4-12-21-16)19-18-15-10-8-14(9-11-15)13-5-2-1-3-6-13/h1-7,12,14H,8-11H2,(H,19,20). The Morgan fingerprint density at radius 3 is 2.52 bits per heavy atom. The number of carbonyl (C=O) groups excluding carboxylic acids is 1. The van der Waals surface area contributed by atoms with Crippen molar-refractivity contribution in [1.29, 1.82) is 0 Å². The highest BCUT2D eigenvalue weighted by Gasteiger charge is 2.19. The van der Waals surface area contributed by atoms with E-state index in [2.05, 4.69) is 40.9 Å². The van der Waals surface area contributed by atoms with Crippen LogP contribution in [0.5, 0.6) is 0 Å². The highest BCUT2D eigenvalue weighted by atomic mass is 32.1. The molecule has 4 heteroatoms. The van der Waals surface area contributed by atoms with E-state index in [0.29, 0.717) is 10.8 Å². The summed E-state index contributed by atoms with van der Waals surface area (Å²) in [5.41, 5.74) is 5.19. The summed E-state index contributed by atoms with van der Waals surface area (Å²) >= 11 is 1.43. The summed E-state index contributed by atoms with van der Waals surface area (Å²) in [5, 5.41) is 6.19. The highest BCUT2D eigenvalue weighted by Crippen LogP contribution is 2.31. The van der Waals surface area contributed by atoms with Crippen molar-refractivity contribution < 1.29 is 4.79 Å². The first-order valence-electron chi connectivity index (χ1n) is 7.27. The molecule has 0 saturated heterocycles. The molecule has 0 atom stereocenters. The van der Waals surface area contributed by atoms with Gasteiger partial charge in [0.1, 0.15) is 0 Å². The van der Waals surface area contributed by atoms with Crippen LogP contribution < -0.4 is 5.43 Å². The van der Waals surface area contributed by atoms with Gasteiger partial charge < -0.3 is 0 Å². The molecule has 1 aromatic carbocycles. The summed E-state index contributed by atoms with van der Waals surface area (Å²) in [4.78, 5) is 12.5. The van der Waals surface area contributed by atoms with Crippen LogP contribution in [0.2, 0.25) is 0 Å². The SMILES string of the molecule is O=C(NN=C1CCC(c2ccccc2)CC1)c1cccs1. The van der Waals surface area contributed by atoms with Gasteiger partial charge in [-0.25, -0.2) is 5.43 Å². The van der Waals surface area contributed by atoms with Crippen LogP contribution in [0, 0.1) is 0 Å². The average Bonchev–Trinajstić information content (AvgIpc) is 3.08. The number of thiophene rings is 1. The number of nitrogens with zero attached hydrogens (tertiary/aromatic N) is 1. The van der Waals surface area contributed by atoms with Crippen molar-refractivity contribution >= 4 is 23.0 Å². The Morgan fingerprint density at radius 1 is 1.10 bits per heavy atom. The van der Waals surface area contributed by atoms with Crippen LogP contribution in [0.25, 0.3) is 0 Å². The minimum absolute atomic E-state index is 0.109. The van der Waals surface area contributed by atoms with E-state index in [0.717, 1.165) is 31.4 Å². The molecule has 0 aliphatic heterocycles. The fourth-order valence-corrected chi connectivity index (χ4v) is 3.33. The summed E-state index contributed by atoms with van der Waals surface area (Å²) in [7, 11) is 0. The second-order valence-electron chi connectivity index (χ2n) is 5.28. The molecule has 1 N–H and O–H groups in total. The third-order valence-electron chi connectivity index (χ3n) is 3.89. The smallest absolute Gasteiger partial charge is 0.266 e. The number of carbonyl (C=O) groups is 1. The molecule has 2 aromatic rings. The molecule has 1 aliphatic rings. The zero-order valence-corrected chi connectivity index (χ0v) is 12.6. The van der Waals surface area contributed by atoms with Gasteiger partial charge in [0.25, 0.3) is 5.91 Å². The molecule has 0 radical (unpaired) electrons. The number of rotatable bonds is 3. The van der Waals surface area contributed by atoms with E-state index < -0.39 is 0 Å². The van der Waals surface area contributed by atoms with Gasteiger partial charge in [0.15, 0.2) is 0 Å². The Hall–Kier alpha value is -1.94. The lowest BCUT2D eigenvalue weighted by Gasteiger charge is -2.23. The van der Waals surface area contributed by atoms with Crippen molar-refractivity contribution in [3.63, 3.8) is 0 Å². The molecule has 21 heavy (non-hydrogen) atoms. The Balaban J connectivity index is 1.54. The molecular formula is C17H18N2OS. The molecule has 3 rings (SSSR count). The van der Waals surface area contributed by atoms with Crippen LogP contribution in [0.4, 0.5) is 0 Å². The van der Waals surface area contributed by atoms with Crippen LogP contribution in [0.1, 0.15) is 46.8 Å². The van der Waals surface area contributed by atoms with Crippen LogP contribution >= 0.6 is 11.3 Å². The maximum atomic E-state index is 11.8. The maximum absolute atomic E-state index is 11.8. The molecule has 1 heterocycles. The number of amides is 1. The quantitative estimate of drug-likeness (QED) is 0.848. The zero-order chi connectivity index (χ0) is 14.5. The zero-order valence-electron chi connectivity index (χ0n) is 11.8. The van der Waals surface area contributed by atoms with Gasteiger partial charge in [-0.15, -0.1) is 11.3 Å². The number of hydrogen-bond acceptors (Lipinski definition) is 3. The monoisotopic (exact) mass is 298 g/mol. The van der Waals surface area contributed by atoms with Crippen LogP contribution in [-0.4, -0.2) is 11.6 Å². The maximum Gasteiger partial charge on any atom is 0.281 e. The molecule has 1 aliphatic carbocycles. The second kappa shape index (κ2) is 6.68. The second-order valence-corrected chi connectivity index (χ2v) is 6.23. The van der Waals surface area contributed by atoms with E-state index in [1.165, 1.54) is 16.9 Å². The summed E-state index contributed by atoms with van der Waals surface area (Å²) in [6.45, 7) is 0. The first-order valence-corrected chi connectivity index (χ1v) is 8.15. The summed E-state index contributed by atoms with van der Waals surface area (Å²) in [6.07, 6.45) is 4.14. The summed E-state index contributed by atoms with van der Waals surface area (Å²) in [5.74, 6) is 0.515. The third-order valence-corrected chi connectivity index (χ3v) is 4.76. The van der Waals surface area contributed by atoms with Gasteiger partial charge in [0.05, 0.1) is 4.88 Å². The van der Waals surface area contributed by atoms with Crippen LogP contribution in [0.3, 0.4) is 0 Å². The molecule has 0 bridgehead atoms. The van der Waals surface area contributed by atoms with Crippen LogP contribution in [0.15, 0.2) is 52.9 Å². The van der Waals surface area contributed by atoms with Gasteiger partial charge in [0, 0.05) is 5.71 Å². The molecular weight excluding hydrogens is 280 g/mol. The third kappa shape index (κ3) is 3.58. The van der Waals surface area contributed by atoms with Gasteiger partial charge in [-0.2, -0.15) is 5.10 Å². The number of nitrogens with one attached hydrogen (secondary N) is 1. The first kappa shape index (κ1) is 14.0. The van der Waals surface area contributed by atoms with E-state index in [1.54, 1.807) is 0 Å². The van der Waals surface area contributed by atoms with E-state index in [-0.39, 0.29) is 5.91 Å². The lowest BCUT2D eigenvalue weighted by molar-refractivity contribution is 0.0958. The minimum Gasteiger partial charge on any atom is -0.266 e. The number of hydrazone groups is 1. The fourth-order valence-electron chi connectivity index (χ4n) is 2.71. The van der Waals surface area contributed by atoms with Crippen LogP contribution in [-0.2, 0) is 0 Å². The van der Waals surface area contributed by atoms with Crippen molar-refractivity contribution in [2.24, 2.45) is 5.10 Å². The van der Waals surface area contributed by atoms with E-state index in [4.69, 9.17) is 0 Å². The predicted molar refractivity (Wildman–Crippen MR) is 86.9 cm³/mol. The van der Waals surface area contributed by atoms with E-state index in [9.17, 15) is 4.79 Å². The van der Waals surface area contributed by atoms with Crippen molar-refractivity contribution in [1.82, 2.24) is 5.43 Å². The number of hydrogen-bond donors (Lipinski definition) is 1. The van der Waals surface area contributed by atoms with Gasteiger partial charge in [0.2, 0.25) is 0 Å². The molecule has 0 spiro atoms. The minimum atomic E-state index is -0.109. The molecule has 1 amide bonds. The van der Waals surface area contributed by atoms with Crippen molar-refractivity contribution in [3.8, 4) is 0 Å². The van der Waals surface area contributed by atoms with Crippen molar-refractivity contribution in [2.75, 3.05) is 0 Å². The Bertz CT molecular complexity index is 610. The number of benzene rings is 1. The Morgan fingerprint density at radius 2 is 1.86 bits per heavy atom. The molecule has 3 nitrogen and oxygen atoms in total. The molecule has 108 valence electrons. The Labute approximate surface area is 128 Å². The lowest BCUT2D eigenvalue weighted by atomic mass is 9.83. The summed E-state index contributed by atoms with van der Waals surface area (Å²) < 4.78 is 0.